The van der Waals surface area contributed by atoms with E-state index in [0.29, 0.717) is 12.0 Å². The minimum atomic E-state index is -0.763. The van der Waals surface area contributed by atoms with Crippen LogP contribution in [0, 0.1) is 10.1 Å². The number of phenols is 2. The second kappa shape index (κ2) is 4.14. The van der Waals surface area contributed by atoms with E-state index in [2.05, 4.69) is 0 Å². The first-order valence-electron chi connectivity index (χ1n) is 4.43. The van der Waals surface area contributed by atoms with Gasteiger partial charge in [-0.15, -0.1) is 0 Å². The lowest BCUT2D eigenvalue weighted by Crippen LogP contribution is -2.08. The van der Waals surface area contributed by atoms with E-state index in [4.69, 9.17) is 5.73 Å². The van der Waals surface area contributed by atoms with Gasteiger partial charge in [-0.2, -0.15) is 0 Å². The molecule has 0 saturated carbocycles. The Balaban J connectivity index is 3.29. The Morgan fingerprint density at radius 3 is 2.60 bits per heavy atom. The molecule has 0 fully saturated rings. The van der Waals surface area contributed by atoms with Crippen molar-refractivity contribution in [2.75, 3.05) is 0 Å². The highest BCUT2D eigenvalue weighted by Crippen LogP contribution is 2.37. The van der Waals surface area contributed by atoms with Crippen molar-refractivity contribution in [2.24, 2.45) is 5.73 Å². The van der Waals surface area contributed by atoms with E-state index in [0.717, 1.165) is 0 Å². The summed E-state index contributed by atoms with van der Waals surface area (Å²) in [6.45, 7) is 1.82. The Morgan fingerprint density at radius 2 is 2.13 bits per heavy atom. The third-order valence-electron chi connectivity index (χ3n) is 2.16. The zero-order chi connectivity index (χ0) is 11.6. The molecule has 0 spiro atoms. The molecule has 0 aliphatic rings. The summed E-state index contributed by atoms with van der Waals surface area (Å²) >= 11 is 0. The van der Waals surface area contributed by atoms with Gasteiger partial charge in [0.05, 0.1) is 4.92 Å². The van der Waals surface area contributed by atoms with Crippen LogP contribution in [0.3, 0.4) is 0 Å². The molecule has 0 bridgehead atoms. The van der Waals surface area contributed by atoms with Gasteiger partial charge in [0.15, 0.2) is 5.75 Å². The molecular formula is C9H12N2O4. The molecule has 0 aromatic heterocycles. The maximum Gasteiger partial charge on any atom is 0.314 e. The van der Waals surface area contributed by atoms with Crippen LogP contribution in [0.15, 0.2) is 12.1 Å². The Morgan fingerprint density at radius 1 is 1.53 bits per heavy atom. The lowest BCUT2D eigenvalue weighted by atomic mass is 10.0. The minimum Gasteiger partial charge on any atom is -0.504 e. The van der Waals surface area contributed by atoms with E-state index in [1.165, 1.54) is 12.1 Å². The lowest BCUT2D eigenvalue weighted by molar-refractivity contribution is -0.386. The molecule has 4 N–H and O–H groups in total. The maximum absolute atomic E-state index is 10.5. The van der Waals surface area contributed by atoms with Crippen molar-refractivity contribution in [2.45, 2.75) is 19.4 Å². The van der Waals surface area contributed by atoms with Gasteiger partial charge in [-0.05, 0) is 18.1 Å². The average Bonchev–Trinajstić information content (AvgIpc) is 2.20. The Labute approximate surface area is 86.1 Å². The number of nitro benzene ring substituents is 1. The Kier molecular flexibility index (Phi) is 3.11. The van der Waals surface area contributed by atoms with Crippen molar-refractivity contribution < 1.29 is 15.1 Å². The summed E-state index contributed by atoms with van der Waals surface area (Å²) in [5, 5.41) is 29.0. The average molecular weight is 212 g/mol. The van der Waals surface area contributed by atoms with Gasteiger partial charge in [0.2, 0.25) is 5.75 Å². The van der Waals surface area contributed by atoms with Crippen LogP contribution in [-0.4, -0.2) is 15.1 Å². The molecule has 0 radical (unpaired) electrons. The zero-order valence-electron chi connectivity index (χ0n) is 8.17. The highest BCUT2D eigenvalue weighted by atomic mass is 16.6. The smallest absolute Gasteiger partial charge is 0.314 e. The van der Waals surface area contributed by atoms with Crippen molar-refractivity contribution in [1.82, 2.24) is 0 Å². The predicted molar refractivity (Wildman–Crippen MR) is 53.6 cm³/mol. The van der Waals surface area contributed by atoms with E-state index in [1.54, 1.807) is 0 Å². The highest BCUT2D eigenvalue weighted by Gasteiger charge is 2.20. The van der Waals surface area contributed by atoms with Gasteiger partial charge in [-0.25, -0.2) is 0 Å². The van der Waals surface area contributed by atoms with E-state index >= 15 is 0 Å². The number of benzene rings is 1. The molecule has 6 heteroatoms. The number of nitrogens with zero attached hydrogens (tertiary/aromatic N) is 1. The second-order valence-corrected chi connectivity index (χ2v) is 3.18. The summed E-state index contributed by atoms with van der Waals surface area (Å²) < 4.78 is 0. The quantitative estimate of drug-likeness (QED) is 0.398. The molecule has 1 rings (SSSR count). The van der Waals surface area contributed by atoms with Crippen LogP contribution in [0.2, 0.25) is 0 Å². The van der Waals surface area contributed by atoms with Crippen molar-refractivity contribution in [3.8, 4) is 11.5 Å². The minimum absolute atomic E-state index is 0.393. The van der Waals surface area contributed by atoms with Crippen LogP contribution in [0.25, 0.3) is 0 Å². The maximum atomic E-state index is 10.5. The van der Waals surface area contributed by atoms with Crippen LogP contribution >= 0.6 is 0 Å². The van der Waals surface area contributed by atoms with Gasteiger partial charge in [-0.3, -0.25) is 10.1 Å². The summed E-state index contributed by atoms with van der Waals surface area (Å²) in [5.41, 5.74) is 5.56. The number of hydrogen-bond acceptors (Lipinski definition) is 5. The van der Waals surface area contributed by atoms with Crippen molar-refractivity contribution in [1.29, 1.82) is 0 Å². The molecule has 0 aliphatic carbocycles. The highest BCUT2D eigenvalue weighted by molar-refractivity contribution is 5.56. The number of nitro groups is 1. The molecule has 0 amide bonds. The fourth-order valence-corrected chi connectivity index (χ4v) is 1.21. The van der Waals surface area contributed by atoms with Gasteiger partial charge < -0.3 is 15.9 Å². The third-order valence-corrected chi connectivity index (χ3v) is 2.16. The number of phenolic OH excluding ortho intramolecular Hbond substituents is 2. The zero-order valence-corrected chi connectivity index (χ0v) is 8.17. The van der Waals surface area contributed by atoms with E-state index in [1.807, 2.05) is 6.92 Å². The number of nitrogens with two attached hydrogens (primary N) is 1. The molecule has 0 heterocycles. The summed E-state index contributed by atoms with van der Waals surface area (Å²) in [6, 6.07) is 2.01. The molecule has 1 aromatic rings. The number of aromatic hydroxyl groups is 2. The number of hydrogen-bond donors (Lipinski definition) is 3. The summed E-state index contributed by atoms with van der Waals surface area (Å²) in [5.74, 6) is -1.25. The molecule has 6 nitrogen and oxygen atoms in total. The largest absolute Gasteiger partial charge is 0.504 e. The molecule has 1 aromatic carbocycles. The predicted octanol–water partition coefficient (Wildman–Crippen LogP) is 1.42. The first-order valence-corrected chi connectivity index (χ1v) is 4.43. The van der Waals surface area contributed by atoms with E-state index in [-0.39, 0.29) is 0 Å². The van der Waals surface area contributed by atoms with Crippen molar-refractivity contribution >= 4 is 5.69 Å². The second-order valence-electron chi connectivity index (χ2n) is 3.18. The van der Waals surface area contributed by atoms with Gasteiger partial charge in [0.25, 0.3) is 0 Å². The lowest BCUT2D eigenvalue weighted by Gasteiger charge is -2.10. The van der Waals surface area contributed by atoms with Crippen molar-refractivity contribution in [3.05, 3.63) is 27.8 Å². The van der Waals surface area contributed by atoms with Crippen LogP contribution in [0.1, 0.15) is 24.9 Å². The van der Waals surface area contributed by atoms with Crippen LogP contribution in [-0.2, 0) is 0 Å². The number of rotatable bonds is 3. The monoisotopic (exact) mass is 212 g/mol. The molecule has 15 heavy (non-hydrogen) atoms. The van der Waals surface area contributed by atoms with Crippen LogP contribution in [0.4, 0.5) is 5.69 Å². The standard InChI is InChI=1S/C9H12N2O4/c1-2-6(10)5-3-7(11(14)15)9(13)8(12)4-5/h3-4,6,12-13H,2,10H2,1H3/t6-/m0/s1. The normalized spacial score (nSPS) is 12.4. The Hall–Kier alpha value is -1.82. The molecule has 0 saturated heterocycles. The SMILES string of the molecule is CC[C@H](N)c1cc(O)c(O)c([N+](=O)[O-])c1. The fraction of sp³-hybridized carbons (Fsp3) is 0.333. The summed E-state index contributed by atoms with van der Waals surface area (Å²) in [4.78, 5) is 9.77. The molecule has 82 valence electrons. The molecular weight excluding hydrogens is 200 g/mol. The van der Waals surface area contributed by atoms with Crippen LogP contribution < -0.4 is 5.73 Å². The van der Waals surface area contributed by atoms with Crippen molar-refractivity contribution in [3.63, 3.8) is 0 Å². The van der Waals surface area contributed by atoms with E-state index in [9.17, 15) is 20.3 Å². The van der Waals surface area contributed by atoms with E-state index < -0.39 is 28.2 Å². The fourth-order valence-electron chi connectivity index (χ4n) is 1.21. The molecule has 1 atom stereocenters. The first kappa shape index (κ1) is 11.3. The Bertz CT molecular complexity index is 392. The van der Waals surface area contributed by atoms with Gasteiger partial charge in [0, 0.05) is 12.1 Å². The molecule has 0 unspecified atom stereocenters. The van der Waals surface area contributed by atoms with Gasteiger partial charge in [-0.1, -0.05) is 6.92 Å². The summed E-state index contributed by atoms with van der Waals surface area (Å²) in [6.07, 6.45) is 0.585. The summed E-state index contributed by atoms with van der Waals surface area (Å²) in [7, 11) is 0. The first-order chi connectivity index (χ1) is 6.97. The van der Waals surface area contributed by atoms with Gasteiger partial charge in [0.1, 0.15) is 0 Å². The van der Waals surface area contributed by atoms with Crippen LogP contribution in [0.5, 0.6) is 11.5 Å². The van der Waals surface area contributed by atoms with Gasteiger partial charge >= 0.3 is 5.69 Å². The topological polar surface area (TPSA) is 110 Å². The third kappa shape index (κ3) is 2.16. The molecule has 0 aliphatic heterocycles.